The first-order chi connectivity index (χ1) is 24.3. The SMILES string of the molecule is c1ccc(-c2nc3cc(N(c4ccc5c(c4)oc4ccccc45)c4ccc5c(c4)oc4ccccc45)c4oc5ccccc5c4c3o2)cc1. The number of nitrogens with zero attached hydrogens (tertiary/aromatic N) is 2. The summed E-state index contributed by atoms with van der Waals surface area (Å²) in [6.45, 7) is 0. The Morgan fingerprint density at radius 3 is 1.57 bits per heavy atom. The summed E-state index contributed by atoms with van der Waals surface area (Å²) in [6, 6.07) is 49.1. The van der Waals surface area contributed by atoms with Crippen LogP contribution in [-0.4, -0.2) is 4.98 Å². The first-order valence-electron chi connectivity index (χ1n) is 16.2. The molecule has 6 heteroatoms. The summed E-state index contributed by atoms with van der Waals surface area (Å²) >= 11 is 0. The van der Waals surface area contributed by atoms with Crippen LogP contribution in [-0.2, 0) is 0 Å². The summed E-state index contributed by atoms with van der Waals surface area (Å²) in [4.78, 5) is 7.23. The van der Waals surface area contributed by atoms with Crippen LogP contribution in [0.15, 0.2) is 163 Å². The number of hydrogen-bond donors (Lipinski definition) is 0. The van der Waals surface area contributed by atoms with E-state index in [0.29, 0.717) is 17.1 Å². The quantitative estimate of drug-likeness (QED) is 0.192. The highest BCUT2D eigenvalue weighted by Crippen LogP contribution is 2.47. The molecule has 11 aromatic rings. The van der Waals surface area contributed by atoms with E-state index in [1.807, 2.05) is 84.9 Å². The van der Waals surface area contributed by atoms with Gasteiger partial charge in [-0.05, 0) is 60.7 Å². The predicted octanol–water partition coefficient (Wildman–Crippen LogP) is 12.7. The van der Waals surface area contributed by atoms with Crippen LogP contribution < -0.4 is 4.90 Å². The maximum Gasteiger partial charge on any atom is 0.227 e. The molecule has 11 rings (SSSR count). The standard InChI is InChI=1S/C43H24N2O4/c1-2-10-25(11-3-1)43-44-33-24-34(42-40(41(33)49-43)32-14-6-9-17-37(32)48-42)45(26-18-20-30-28-12-4-7-15-35(28)46-38(30)22-26)27-19-21-31-29-13-5-8-16-36(29)47-39(31)23-27/h1-24H. The molecule has 49 heavy (non-hydrogen) atoms. The van der Waals surface area contributed by atoms with Crippen molar-refractivity contribution in [3.63, 3.8) is 0 Å². The van der Waals surface area contributed by atoms with Crippen LogP contribution in [0.4, 0.5) is 17.1 Å². The Morgan fingerprint density at radius 1 is 0.408 bits per heavy atom. The molecule has 0 saturated heterocycles. The van der Waals surface area contributed by atoms with E-state index in [4.69, 9.17) is 22.7 Å². The molecule has 0 amide bonds. The summed E-state index contributed by atoms with van der Waals surface area (Å²) in [5, 5.41) is 6.10. The zero-order chi connectivity index (χ0) is 32.1. The zero-order valence-corrected chi connectivity index (χ0v) is 25.9. The number of fused-ring (bicyclic) bond motifs is 11. The summed E-state index contributed by atoms with van der Waals surface area (Å²) in [6.07, 6.45) is 0. The fraction of sp³-hybridized carbons (Fsp3) is 0. The van der Waals surface area contributed by atoms with E-state index in [9.17, 15) is 0 Å². The number of oxazole rings is 1. The molecule has 230 valence electrons. The van der Waals surface area contributed by atoms with Gasteiger partial charge in [-0.3, -0.25) is 0 Å². The Bertz CT molecular complexity index is 2960. The van der Waals surface area contributed by atoms with E-state index < -0.39 is 0 Å². The number of rotatable bonds is 4. The molecule has 0 aliphatic carbocycles. The summed E-state index contributed by atoms with van der Waals surface area (Å²) in [5.41, 5.74) is 9.68. The molecule has 0 N–H and O–H groups in total. The minimum atomic E-state index is 0.554. The highest BCUT2D eigenvalue weighted by molar-refractivity contribution is 6.21. The molecule has 0 aliphatic rings. The van der Waals surface area contributed by atoms with Gasteiger partial charge in [-0.2, -0.15) is 0 Å². The third-order valence-corrected chi connectivity index (χ3v) is 9.48. The molecule has 0 atom stereocenters. The Balaban J connectivity index is 1.23. The summed E-state index contributed by atoms with van der Waals surface area (Å²) in [5.74, 6) is 0.554. The topological polar surface area (TPSA) is 68.7 Å². The van der Waals surface area contributed by atoms with Gasteiger partial charge in [0.05, 0.1) is 22.4 Å². The minimum Gasteiger partial charge on any atom is -0.456 e. The van der Waals surface area contributed by atoms with Crippen LogP contribution in [0.25, 0.3) is 88.4 Å². The molecular weight excluding hydrogens is 608 g/mol. The Kier molecular flexibility index (Phi) is 5.29. The summed E-state index contributed by atoms with van der Waals surface area (Å²) in [7, 11) is 0. The van der Waals surface area contributed by atoms with E-state index in [2.05, 4.69) is 65.6 Å². The van der Waals surface area contributed by atoms with Gasteiger partial charge in [0.2, 0.25) is 5.89 Å². The molecule has 0 spiro atoms. The number of para-hydroxylation sites is 3. The lowest BCUT2D eigenvalue weighted by Crippen LogP contribution is -2.10. The number of benzene rings is 7. The average Bonchev–Trinajstić information content (AvgIpc) is 3.93. The van der Waals surface area contributed by atoms with Gasteiger partial charge in [0, 0.05) is 44.6 Å². The van der Waals surface area contributed by atoms with Gasteiger partial charge >= 0.3 is 0 Å². The second-order valence-electron chi connectivity index (χ2n) is 12.3. The molecule has 0 saturated carbocycles. The van der Waals surface area contributed by atoms with Crippen molar-refractivity contribution < 1.29 is 17.7 Å². The third kappa shape index (κ3) is 3.85. The molecule has 0 fully saturated rings. The van der Waals surface area contributed by atoms with Crippen molar-refractivity contribution in [3.05, 3.63) is 146 Å². The highest BCUT2D eigenvalue weighted by Gasteiger charge is 2.26. The molecule has 4 heterocycles. The lowest BCUT2D eigenvalue weighted by molar-refractivity contribution is 0.622. The van der Waals surface area contributed by atoms with Crippen molar-refractivity contribution in [1.29, 1.82) is 0 Å². The zero-order valence-electron chi connectivity index (χ0n) is 25.9. The highest BCUT2D eigenvalue weighted by atomic mass is 16.4. The molecule has 6 nitrogen and oxygen atoms in total. The monoisotopic (exact) mass is 632 g/mol. The number of anilines is 3. The number of hydrogen-bond acceptors (Lipinski definition) is 6. The molecule has 4 aromatic heterocycles. The maximum absolute atomic E-state index is 6.73. The Hall–Kier alpha value is -6.79. The molecule has 0 radical (unpaired) electrons. The minimum absolute atomic E-state index is 0.554. The number of furan rings is 3. The molecule has 0 unspecified atom stereocenters. The molecule has 7 aromatic carbocycles. The van der Waals surface area contributed by atoms with Crippen LogP contribution in [0.1, 0.15) is 0 Å². The molecular formula is C43H24N2O4. The van der Waals surface area contributed by atoms with Crippen molar-refractivity contribution >= 4 is 94.0 Å². The average molecular weight is 633 g/mol. The van der Waals surface area contributed by atoms with Crippen molar-refractivity contribution in [2.24, 2.45) is 0 Å². The van der Waals surface area contributed by atoms with Crippen LogP contribution >= 0.6 is 0 Å². The second kappa shape index (κ2) is 9.86. The fourth-order valence-corrected chi connectivity index (χ4v) is 7.26. The van der Waals surface area contributed by atoms with Gasteiger partial charge in [-0.1, -0.05) is 72.8 Å². The Labute approximate surface area is 278 Å². The van der Waals surface area contributed by atoms with Crippen LogP contribution in [0.2, 0.25) is 0 Å². The van der Waals surface area contributed by atoms with Crippen molar-refractivity contribution in [1.82, 2.24) is 4.98 Å². The predicted molar refractivity (Wildman–Crippen MR) is 196 cm³/mol. The van der Waals surface area contributed by atoms with Crippen LogP contribution in [0.3, 0.4) is 0 Å². The Morgan fingerprint density at radius 2 is 0.939 bits per heavy atom. The van der Waals surface area contributed by atoms with E-state index in [1.54, 1.807) is 0 Å². The van der Waals surface area contributed by atoms with Crippen molar-refractivity contribution in [2.75, 3.05) is 4.90 Å². The fourth-order valence-electron chi connectivity index (χ4n) is 7.26. The smallest absolute Gasteiger partial charge is 0.227 e. The largest absolute Gasteiger partial charge is 0.456 e. The van der Waals surface area contributed by atoms with Gasteiger partial charge in [0.25, 0.3) is 0 Å². The van der Waals surface area contributed by atoms with Crippen molar-refractivity contribution in [2.45, 2.75) is 0 Å². The molecule has 0 aliphatic heterocycles. The van der Waals surface area contributed by atoms with E-state index in [1.165, 1.54) is 0 Å². The van der Waals surface area contributed by atoms with E-state index in [-0.39, 0.29) is 0 Å². The van der Waals surface area contributed by atoms with Crippen LogP contribution in [0, 0.1) is 0 Å². The lowest BCUT2D eigenvalue weighted by Gasteiger charge is -2.25. The van der Waals surface area contributed by atoms with E-state index >= 15 is 0 Å². The van der Waals surface area contributed by atoms with Crippen LogP contribution in [0.5, 0.6) is 0 Å². The van der Waals surface area contributed by atoms with Gasteiger partial charge in [0.1, 0.15) is 33.4 Å². The van der Waals surface area contributed by atoms with Crippen molar-refractivity contribution in [3.8, 4) is 11.5 Å². The maximum atomic E-state index is 6.73. The van der Waals surface area contributed by atoms with Gasteiger partial charge < -0.3 is 22.6 Å². The second-order valence-corrected chi connectivity index (χ2v) is 12.3. The van der Waals surface area contributed by atoms with E-state index in [0.717, 1.165) is 88.4 Å². The lowest BCUT2D eigenvalue weighted by atomic mass is 10.1. The summed E-state index contributed by atoms with van der Waals surface area (Å²) < 4.78 is 26.0. The van der Waals surface area contributed by atoms with Gasteiger partial charge in [0.15, 0.2) is 11.2 Å². The number of aromatic nitrogens is 1. The van der Waals surface area contributed by atoms with Gasteiger partial charge in [-0.25, -0.2) is 4.98 Å². The normalized spacial score (nSPS) is 12.1. The third-order valence-electron chi connectivity index (χ3n) is 9.48. The first-order valence-corrected chi connectivity index (χ1v) is 16.2. The first kappa shape index (κ1) is 26.3. The van der Waals surface area contributed by atoms with Gasteiger partial charge in [-0.15, -0.1) is 0 Å². The molecule has 0 bridgehead atoms.